The average molecular weight is 417 g/mol. The Morgan fingerprint density at radius 1 is 1.10 bits per heavy atom. The molecule has 7 heteroatoms. The number of carbonyl (C=O) groups excluding carboxylic acids is 1. The Bertz CT molecular complexity index is 1010. The minimum Gasteiger partial charge on any atom is -0.371 e. The molecule has 1 aromatic carbocycles. The van der Waals surface area contributed by atoms with Crippen molar-refractivity contribution in [3.8, 4) is 11.1 Å². The molecule has 0 bridgehead atoms. The zero-order chi connectivity index (χ0) is 21.0. The van der Waals surface area contributed by atoms with Gasteiger partial charge in [0.1, 0.15) is 0 Å². The number of aryl methyl sites for hydroxylation is 1. The lowest BCUT2D eigenvalue weighted by atomic mass is 9.95. The highest BCUT2D eigenvalue weighted by molar-refractivity contribution is 5.76. The Morgan fingerprint density at radius 3 is 2.77 bits per heavy atom. The number of H-pyrrole nitrogens is 1. The Balaban J connectivity index is 1.12. The monoisotopic (exact) mass is 416 g/mol. The lowest BCUT2D eigenvalue weighted by Gasteiger charge is -2.34. The van der Waals surface area contributed by atoms with E-state index in [1.807, 2.05) is 17.3 Å². The quantitative estimate of drug-likeness (QED) is 0.668. The second-order valence-electron chi connectivity index (χ2n) is 8.55. The molecule has 0 unspecified atom stereocenters. The van der Waals surface area contributed by atoms with Gasteiger partial charge in [-0.1, -0.05) is 6.07 Å². The summed E-state index contributed by atoms with van der Waals surface area (Å²) in [7, 11) is 0. The van der Waals surface area contributed by atoms with E-state index >= 15 is 0 Å². The third-order valence-electron chi connectivity index (χ3n) is 6.56. The number of nitrogens with one attached hydrogen (secondary N) is 1. The second kappa shape index (κ2) is 8.88. The van der Waals surface area contributed by atoms with Crippen molar-refractivity contribution < 1.29 is 4.79 Å². The van der Waals surface area contributed by atoms with E-state index in [0.29, 0.717) is 18.8 Å². The second-order valence-corrected chi connectivity index (χ2v) is 8.55. The number of hydrogen-bond acceptors (Lipinski definition) is 5. The number of aromatic amines is 1. The van der Waals surface area contributed by atoms with Crippen molar-refractivity contribution in [1.29, 1.82) is 0 Å². The average Bonchev–Trinajstić information content (AvgIpc) is 3.49. The molecule has 7 nitrogen and oxygen atoms in total. The predicted molar refractivity (Wildman–Crippen MR) is 120 cm³/mol. The third kappa shape index (κ3) is 4.45. The van der Waals surface area contributed by atoms with E-state index in [-0.39, 0.29) is 5.91 Å². The van der Waals surface area contributed by atoms with Crippen LogP contribution in [0.25, 0.3) is 11.1 Å². The molecular formula is C24H28N6O. The molecular weight excluding hydrogens is 388 g/mol. The van der Waals surface area contributed by atoms with E-state index < -0.39 is 0 Å². The lowest BCUT2D eigenvalue weighted by Crippen LogP contribution is -2.41. The van der Waals surface area contributed by atoms with Gasteiger partial charge in [-0.25, -0.2) is 0 Å². The first kappa shape index (κ1) is 19.7. The highest BCUT2D eigenvalue weighted by Gasteiger charge is 2.27. The Labute approximate surface area is 182 Å². The van der Waals surface area contributed by atoms with Crippen LogP contribution in [0.15, 0.2) is 49.2 Å². The van der Waals surface area contributed by atoms with Gasteiger partial charge < -0.3 is 9.80 Å². The maximum Gasteiger partial charge on any atom is 0.222 e. The number of carbonyl (C=O) groups is 1. The van der Waals surface area contributed by atoms with Crippen molar-refractivity contribution in [2.45, 2.75) is 32.1 Å². The largest absolute Gasteiger partial charge is 0.371 e. The summed E-state index contributed by atoms with van der Waals surface area (Å²) in [6.45, 7) is 3.90. The summed E-state index contributed by atoms with van der Waals surface area (Å²) in [4.78, 5) is 25.5. The first-order valence-electron chi connectivity index (χ1n) is 11.2. The molecule has 0 aliphatic carbocycles. The van der Waals surface area contributed by atoms with Gasteiger partial charge in [0.05, 0.1) is 11.9 Å². The maximum absolute atomic E-state index is 12.6. The van der Waals surface area contributed by atoms with E-state index in [1.165, 1.54) is 16.8 Å². The number of benzene rings is 1. The summed E-state index contributed by atoms with van der Waals surface area (Å²) in [5.74, 6) is 0.880. The first-order chi connectivity index (χ1) is 15.3. The van der Waals surface area contributed by atoms with E-state index in [4.69, 9.17) is 0 Å². The summed E-state index contributed by atoms with van der Waals surface area (Å²) in [6.07, 6.45) is 13.3. The van der Waals surface area contributed by atoms with Crippen LogP contribution >= 0.6 is 0 Å². The highest BCUT2D eigenvalue weighted by atomic mass is 16.2. The smallest absolute Gasteiger partial charge is 0.222 e. The molecule has 31 heavy (non-hydrogen) atoms. The normalized spacial score (nSPS) is 16.5. The molecule has 4 heterocycles. The van der Waals surface area contributed by atoms with Crippen LogP contribution in [0.3, 0.4) is 0 Å². The topological polar surface area (TPSA) is 78.0 Å². The van der Waals surface area contributed by atoms with Crippen molar-refractivity contribution in [3.63, 3.8) is 0 Å². The summed E-state index contributed by atoms with van der Waals surface area (Å²) in [5, 5.41) is 6.95. The van der Waals surface area contributed by atoms with Crippen LogP contribution in [0.2, 0.25) is 0 Å². The van der Waals surface area contributed by atoms with Gasteiger partial charge in [0.15, 0.2) is 0 Å². The fourth-order valence-corrected chi connectivity index (χ4v) is 4.78. The first-order valence-corrected chi connectivity index (χ1v) is 11.2. The van der Waals surface area contributed by atoms with Crippen LogP contribution in [0.5, 0.6) is 0 Å². The number of hydrogen-bond donors (Lipinski definition) is 1. The summed E-state index contributed by atoms with van der Waals surface area (Å²) >= 11 is 0. The Hall–Kier alpha value is -3.22. The molecule has 1 fully saturated rings. The zero-order valence-corrected chi connectivity index (χ0v) is 17.7. The van der Waals surface area contributed by atoms with E-state index in [1.54, 1.807) is 18.6 Å². The fourth-order valence-electron chi connectivity index (χ4n) is 4.78. The van der Waals surface area contributed by atoms with Gasteiger partial charge in [-0.15, -0.1) is 0 Å². The fraction of sp³-hybridized carbons (Fsp3) is 0.417. The maximum atomic E-state index is 12.6. The Morgan fingerprint density at radius 2 is 2.00 bits per heavy atom. The molecule has 2 aliphatic rings. The number of anilines is 1. The predicted octanol–water partition coefficient (Wildman–Crippen LogP) is 3.10. The van der Waals surface area contributed by atoms with Crippen LogP contribution in [0.4, 0.5) is 5.69 Å². The van der Waals surface area contributed by atoms with Crippen LogP contribution in [-0.4, -0.2) is 57.2 Å². The zero-order valence-electron chi connectivity index (χ0n) is 17.7. The highest BCUT2D eigenvalue weighted by Crippen LogP contribution is 2.33. The van der Waals surface area contributed by atoms with Gasteiger partial charge in [0, 0.05) is 68.6 Å². The molecule has 1 amide bonds. The third-order valence-corrected chi connectivity index (χ3v) is 6.56. The number of rotatable bonds is 6. The lowest BCUT2D eigenvalue weighted by molar-refractivity contribution is -0.132. The summed E-state index contributed by atoms with van der Waals surface area (Å²) in [5.41, 5.74) is 6.04. The van der Waals surface area contributed by atoms with Gasteiger partial charge in [-0.2, -0.15) is 5.10 Å². The van der Waals surface area contributed by atoms with E-state index in [2.05, 4.69) is 43.3 Å². The summed E-state index contributed by atoms with van der Waals surface area (Å²) in [6, 6.07) is 6.76. The van der Waals surface area contributed by atoms with Crippen LogP contribution in [0.1, 0.15) is 30.5 Å². The molecule has 0 radical (unpaired) electrons. The molecule has 160 valence electrons. The molecule has 0 saturated carbocycles. The standard InChI is InChI=1S/C24H28N6O/c31-24(4-2-22-16-25-8-9-26-22)29-10-5-18(6-11-29)17-30-12-7-20-13-19(1-3-23(20)30)21-14-27-28-15-21/h1,3,8-9,13-16,18H,2,4-7,10-12,17H2,(H,27,28). The van der Waals surface area contributed by atoms with Gasteiger partial charge in [0.25, 0.3) is 0 Å². The van der Waals surface area contributed by atoms with Crippen molar-refractivity contribution >= 4 is 11.6 Å². The van der Waals surface area contributed by atoms with Gasteiger partial charge in [-0.3, -0.25) is 19.9 Å². The Kier molecular flexibility index (Phi) is 5.65. The molecule has 5 rings (SSSR count). The van der Waals surface area contributed by atoms with Crippen LogP contribution in [-0.2, 0) is 17.6 Å². The number of piperidine rings is 1. The summed E-state index contributed by atoms with van der Waals surface area (Å²) < 4.78 is 0. The molecule has 3 aromatic rings. The number of aromatic nitrogens is 4. The minimum atomic E-state index is 0.238. The molecule has 0 atom stereocenters. The van der Waals surface area contributed by atoms with Crippen molar-refractivity contribution in [2.75, 3.05) is 31.1 Å². The van der Waals surface area contributed by atoms with Gasteiger partial charge in [0.2, 0.25) is 5.91 Å². The van der Waals surface area contributed by atoms with Gasteiger partial charge >= 0.3 is 0 Å². The van der Waals surface area contributed by atoms with Gasteiger partial charge in [-0.05, 0) is 54.9 Å². The molecule has 2 aliphatic heterocycles. The van der Waals surface area contributed by atoms with Crippen molar-refractivity contribution in [1.82, 2.24) is 25.1 Å². The minimum absolute atomic E-state index is 0.238. The van der Waals surface area contributed by atoms with E-state index in [9.17, 15) is 4.79 Å². The van der Waals surface area contributed by atoms with Crippen molar-refractivity contribution in [3.05, 3.63) is 60.4 Å². The molecule has 1 saturated heterocycles. The van der Waals surface area contributed by atoms with E-state index in [0.717, 1.165) is 56.7 Å². The van der Waals surface area contributed by atoms with Crippen LogP contribution < -0.4 is 4.90 Å². The number of likely N-dealkylation sites (tertiary alicyclic amines) is 1. The SMILES string of the molecule is O=C(CCc1cnccn1)N1CCC(CN2CCc3cc(-c4cn[nH]c4)ccc32)CC1. The van der Waals surface area contributed by atoms with Crippen LogP contribution in [0, 0.1) is 5.92 Å². The van der Waals surface area contributed by atoms with Crippen molar-refractivity contribution in [2.24, 2.45) is 5.92 Å². The molecule has 0 spiro atoms. The number of amides is 1. The molecule has 2 aromatic heterocycles. The molecule has 1 N–H and O–H groups in total. The number of nitrogens with zero attached hydrogens (tertiary/aromatic N) is 5. The number of fused-ring (bicyclic) bond motifs is 1.